The van der Waals surface area contributed by atoms with Crippen molar-refractivity contribution in [1.82, 2.24) is 20.4 Å². The van der Waals surface area contributed by atoms with E-state index in [-0.39, 0.29) is 24.0 Å². The molecule has 1 saturated carbocycles. The third-order valence-corrected chi connectivity index (χ3v) is 6.63. The second-order valence-electron chi connectivity index (χ2n) is 7.62. The molecule has 1 saturated heterocycles. The molecule has 1 aliphatic carbocycles. The molecule has 3 atom stereocenters. The largest absolute Gasteiger partial charge is 0.355 e. The fraction of sp³-hybridized carbons (Fsp3) is 0.944. The summed E-state index contributed by atoms with van der Waals surface area (Å²) in [5, 5.41) is 8.04. The maximum Gasteiger partial charge on any atom is 0.191 e. The number of halogens is 1. The number of thioether (sulfide) groups is 1. The van der Waals surface area contributed by atoms with Crippen molar-refractivity contribution in [3.63, 3.8) is 0 Å². The van der Waals surface area contributed by atoms with Gasteiger partial charge in [-0.05, 0) is 38.5 Å². The summed E-state index contributed by atoms with van der Waals surface area (Å²) in [6.07, 6.45) is 6.07. The van der Waals surface area contributed by atoms with Gasteiger partial charge in [0, 0.05) is 57.1 Å². The summed E-state index contributed by atoms with van der Waals surface area (Å²) in [5.41, 5.74) is 0. The SMILES string of the molecule is CN=C(NCC(C(C)C)N1CCN(C)CC1)NC1CCC(SC)C1.I. The van der Waals surface area contributed by atoms with Crippen molar-refractivity contribution in [2.45, 2.75) is 50.4 Å². The average Bonchev–Trinajstić information content (AvgIpc) is 3.03. The average molecular weight is 484 g/mol. The Hall–Kier alpha value is 0.270. The van der Waals surface area contributed by atoms with E-state index < -0.39 is 0 Å². The van der Waals surface area contributed by atoms with E-state index in [4.69, 9.17) is 0 Å². The molecular formula is C18H38IN5S. The van der Waals surface area contributed by atoms with Gasteiger partial charge in [0.1, 0.15) is 0 Å². The second-order valence-corrected chi connectivity index (χ2v) is 8.75. The first-order chi connectivity index (χ1) is 11.5. The van der Waals surface area contributed by atoms with Gasteiger partial charge >= 0.3 is 0 Å². The third kappa shape index (κ3) is 7.42. The molecule has 2 aliphatic rings. The van der Waals surface area contributed by atoms with Crippen LogP contribution in [0, 0.1) is 5.92 Å². The van der Waals surface area contributed by atoms with Gasteiger partial charge in [0.15, 0.2) is 5.96 Å². The van der Waals surface area contributed by atoms with Crippen molar-refractivity contribution in [3.05, 3.63) is 0 Å². The smallest absolute Gasteiger partial charge is 0.191 e. The Morgan fingerprint density at radius 2 is 1.88 bits per heavy atom. The van der Waals surface area contributed by atoms with Gasteiger partial charge < -0.3 is 15.5 Å². The normalized spacial score (nSPS) is 27.2. The zero-order valence-corrected chi connectivity index (χ0v) is 19.8. The highest BCUT2D eigenvalue weighted by atomic mass is 127. The number of likely N-dealkylation sites (N-methyl/N-ethyl adjacent to an activating group) is 1. The fourth-order valence-corrected chi connectivity index (χ4v) is 4.61. The van der Waals surface area contributed by atoms with Crippen molar-refractivity contribution >= 4 is 41.7 Å². The highest BCUT2D eigenvalue weighted by molar-refractivity contribution is 14.0. The number of hydrogen-bond donors (Lipinski definition) is 2. The molecule has 25 heavy (non-hydrogen) atoms. The number of hydrogen-bond acceptors (Lipinski definition) is 4. The lowest BCUT2D eigenvalue weighted by molar-refractivity contribution is 0.0899. The van der Waals surface area contributed by atoms with Crippen molar-refractivity contribution in [1.29, 1.82) is 0 Å². The van der Waals surface area contributed by atoms with Crippen LogP contribution in [0.3, 0.4) is 0 Å². The zero-order chi connectivity index (χ0) is 17.5. The molecule has 2 N–H and O–H groups in total. The predicted molar refractivity (Wildman–Crippen MR) is 123 cm³/mol. The van der Waals surface area contributed by atoms with Gasteiger partial charge in [-0.2, -0.15) is 11.8 Å². The van der Waals surface area contributed by atoms with Crippen LogP contribution in [0.5, 0.6) is 0 Å². The minimum atomic E-state index is 0. The maximum absolute atomic E-state index is 4.45. The molecule has 0 aromatic rings. The van der Waals surface area contributed by atoms with Gasteiger partial charge in [-0.3, -0.25) is 9.89 Å². The van der Waals surface area contributed by atoms with E-state index >= 15 is 0 Å². The first kappa shape index (κ1) is 23.3. The van der Waals surface area contributed by atoms with Crippen LogP contribution in [-0.4, -0.2) is 86.2 Å². The van der Waals surface area contributed by atoms with Crippen LogP contribution in [0.15, 0.2) is 4.99 Å². The molecule has 1 aliphatic heterocycles. The Kier molecular flexibility index (Phi) is 11.1. The minimum Gasteiger partial charge on any atom is -0.355 e. The van der Waals surface area contributed by atoms with Crippen molar-refractivity contribution in [2.24, 2.45) is 10.9 Å². The molecule has 1 heterocycles. The monoisotopic (exact) mass is 483 g/mol. The summed E-state index contributed by atoms with van der Waals surface area (Å²) >= 11 is 2.00. The Morgan fingerprint density at radius 3 is 2.40 bits per heavy atom. The minimum absolute atomic E-state index is 0. The van der Waals surface area contributed by atoms with E-state index in [0.717, 1.165) is 17.8 Å². The number of nitrogens with zero attached hydrogens (tertiary/aromatic N) is 3. The van der Waals surface area contributed by atoms with Gasteiger partial charge in [0.05, 0.1) is 0 Å². The second kappa shape index (κ2) is 11.9. The lowest BCUT2D eigenvalue weighted by atomic mass is 10.0. The maximum atomic E-state index is 4.45. The highest BCUT2D eigenvalue weighted by Crippen LogP contribution is 2.28. The molecule has 5 nitrogen and oxygen atoms in total. The Bertz CT molecular complexity index is 399. The predicted octanol–water partition coefficient (Wildman–Crippen LogP) is 2.33. The van der Waals surface area contributed by atoms with Crippen LogP contribution < -0.4 is 10.6 Å². The standard InChI is InChI=1S/C18H37N5S.HI/c1-14(2)17(23-10-8-22(4)9-11-23)13-20-18(19-3)21-15-6-7-16(12-15)24-5;/h14-17H,6-13H2,1-5H3,(H2,19,20,21);1H. The van der Waals surface area contributed by atoms with Crippen LogP contribution >= 0.6 is 35.7 Å². The number of rotatable bonds is 6. The Labute approximate surface area is 176 Å². The van der Waals surface area contributed by atoms with E-state index in [9.17, 15) is 0 Å². The molecule has 3 unspecified atom stereocenters. The molecule has 0 aromatic carbocycles. The number of guanidine groups is 1. The molecule has 148 valence electrons. The quantitative estimate of drug-likeness (QED) is 0.345. The van der Waals surface area contributed by atoms with Crippen LogP contribution in [0.4, 0.5) is 0 Å². The van der Waals surface area contributed by atoms with E-state index in [2.05, 4.69) is 52.6 Å². The van der Waals surface area contributed by atoms with Crippen LogP contribution in [-0.2, 0) is 0 Å². The first-order valence-corrected chi connectivity index (χ1v) is 10.7. The van der Waals surface area contributed by atoms with Crippen molar-refractivity contribution in [3.8, 4) is 0 Å². The van der Waals surface area contributed by atoms with Gasteiger partial charge in [-0.1, -0.05) is 13.8 Å². The summed E-state index contributed by atoms with van der Waals surface area (Å²) in [5.74, 6) is 1.62. The van der Waals surface area contributed by atoms with E-state index in [0.29, 0.717) is 18.0 Å². The molecule has 0 bridgehead atoms. The fourth-order valence-electron chi connectivity index (χ4n) is 3.81. The first-order valence-electron chi connectivity index (χ1n) is 9.46. The summed E-state index contributed by atoms with van der Waals surface area (Å²) in [6.45, 7) is 10.3. The van der Waals surface area contributed by atoms with E-state index in [1.807, 2.05) is 18.8 Å². The van der Waals surface area contributed by atoms with Crippen molar-refractivity contribution in [2.75, 3.05) is 53.1 Å². The van der Waals surface area contributed by atoms with Crippen LogP contribution in [0.2, 0.25) is 0 Å². The van der Waals surface area contributed by atoms with E-state index in [1.165, 1.54) is 45.4 Å². The highest BCUT2D eigenvalue weighted by Gasteiger charge is 2.27. The molecule has 0 spiro atoms. The molecule has 0 amide bonds. The summed E-state index contributed by atoms with van der Waals surface area (Å²) < 4.78 is 0. The van der Waals surface area contributed by atoms with Crippen LogP contribution in [0.1, 0.15) is 33.1 Å². The van der Waals surface area contributed by atoms with Crippen molar-refractivity contribution < 1.29 is 0 Å². The molecule has 0 aromatic heterocycles. The summed E-state index contributed by atoms with van der Waals surface area (Å²) in [6, 6.07) is 1.15. The van der Waals surface area contributed by atoms with Crippen LogP contribution in [0.25, 0.3) is 0 Å². The lowest BCUT2D eigenvalue weighted by Crippen LogP contribution is -2.55. The van der Waals surface area contributed by atoms with Gasteiger partial charge in [-0.15, -0.1) is 24.0 Å². The van der Waals surface area contributed by atoms with E-state index in [1.54, 1.807) is 0 Å². The Morgan fingerprint density at radius 1 is 1.20 bits per heavy atom. The topological polar surface area (TPSA) is 42.9 Å². The Balaban J connectivity index is 0.00000312. The number of piperazine rings is 1. The molecule has 7 heteroatoms. The lowest BCUT2D eigenvalue weighted by Gasteiger charge is -2.40. The third-order valence-electron chi connectivity index (χ3n) is 5.54. The molecular weight excluding hydrogens is 445 g/mol. The number of nitrogens with one attached hydrogen (secondary N) is 2. The summed E-state index contributed by atoms with van der Waals surface area (Å²) in [7, 11) is 4.10. The molecule has 2 fully saturated rings. The molecule has 2 rings (SSSR count). The van der Waals surface area contributed by atoms with Gasteiger partial charge in [-0.25, -0.2) is 0 Å². The zero-order valence-electron chi connectivity index (χ0n) is 16.6. The molecule has 0 radical (unpaired) electrons. The number of aliphatic imine (C=N–C) groups is 1. The van der Waals surface area contributed by atoms with Gasteiger partial charge in [0.2, 0.25) is 0 Å². The van der Waals surface area contributed by atoms with Gasteiger partial charge in [0.25, 0.3) is 0 Å². The summed E-state index contributed by atoms with van der Waals surface area (Å²) in [4.78, 5) is 9.52.